The van der Waals surface area contributed by atoms with Crippen LogP contribution in [-0.2, 0) is 4.57 Å². The molecule has 0 aromatic heterocycles. The summed E-state index contributed by atoms with van der Waals surface area (Å²) in [6.07, 6.45) is 1.49. The largest absolute Gasteiger partial charge is 0.495 e. The molecule has 1 atom stereocenters. The van der Waals surface area contributed by atoms with Crippen LogP contribution in [0.3, 0.4) is 0 Å². The number of para-hydroxylation sites is 2. The monoisotopic (exact) mass is 476 g/mol. The van der Waals surface area contributed by atoms with Gasteiger partial charge < -0.3 is 25.3 Å². The van der Waals surface area contributed by atoms with Crippen LogP contribution in [0, 0.1) is 0 Å². The van der Waals surface area contributed by atoms with E-state index in [0.717, 1.165) is 22.4 Å². The van der Waals surface area contributed by atoms with Gasteiger partial charge in [-0.3, -0.25) is 0 Å². The minimum Gasteiger partial charge on any atom is -0.495 e. The smallest absolute Gasteiger partial charge is 0.146 e. The Hall–Kier alpha value is -2.43. The Morgan fingerprint density at radius 2 is 1.72 bits per heavy atom. The van der Waals surface area contributed by atoms with E-state index in [0.29, 0.717) is 16.6 Å². The van der Waals surface area contributed by atoms with Gasteiger partial charge in [0.15, 0.2) is 0 Å². The highest BCUT2D eigenvalue weighted by molar-refractivity contribution is 7.70. The maximum atomic E-state index is 12.4. The van der Waals surface area contributed by atoms with Crippen LogP contribution < -0.4 is 26.0 Å². The van der Waals surface area contributed by atoms with Crippen molar-refractivity contribution in [3.05, 3.63) is 53.6 Å². The number of hydrogen-bond acceptors (Lipinski definition) is 5. The van der Waals surface area contributed by atoms with E-state index in [9.17, 15) is 4.57 Å². The van der Waals surface area contributed by atoms with Gasteiger partial charge in [-0.05, 0) is 71.4 Å². The lowest BCUT2D eigenvalue weighted by Gasteiger charge is -2.20. The fourth-order valence-electron chi connectivity index (χ4n) is 3.03. The van der Waals surface area contributed by atoms with Crippen LogP contribution in [0.5, 0.6) is 5.75 Å². The minimum atomic E-state index is -2.38. The van der Waals surface area contributed by atoms with E-state index < -0.39 is 7.14 Å². The third-order valence-corrected chi connectivity index (χ3v) is 6.52. The quantitative estimate of drug-likeness (QED) is 0.229. The molecule has 0 spiro atoms. The standard InChI is InChI=1S/C24H34ClN4O2P/c1-8-19(25)24(29-21-12-10-9-11-20(21)26-16(2)3)28-17(4)27-22-14-13-18(32(6,7)30)15-23(22)31-5/h8-17,26-27H,1-7H3,(H,28,29)/b19-8+. The second-order valence-electron chi connectivity index (χ2n) is 8.14. The van der Waals surface area contributed by atoms with E-state index in [1.54, 1.807) is 26.5 Å². The van der Waals surface area contributed by atoms with Crippen LogP contribution in [0.15, 0.2) is 58.6 Å². The van der Waals surface area contributed by atoms with Gasteiger partial charge in [-0.15, -0.1) is 0 Å². The van der Waals surface area contributed by atoms with Crippen LogP contribution in [0.4, 0.5) is 17.1 Å². The summed E-state index contributed by atoms with van der Waals surface area (Å²) < 4.78 is 17.9. The predicted octanol–water partition coefficient (Wildman–Crippen LogP) is 6.17. The number of anilines is 3. The second kappa shape index (κ2) is 11.4. The van der Waals surface area contributed by atoms with Crippen LogP contribution in [0.2, 0.25) is 0 Å². The Bertz CT molecular complexity index is 1030. The molecule has 0 radical (unpaired) electrons. The van der Waals surface area contributed by atoms with Crippen LogP contribution in [0.1, 0.15) is 27.7 Å². The third-order valence-electron chi connectivity index (χ3n) is 4.60. The van der Waals surface area contributed by atoms with Crippen molar-refractivity contribution in [2.24, 2.45) is 4.99 Å². The van der Waals surface area contributed by atoms with Gasteiger partial charge in [0, 0.05) is 11.3 Å². The highest BCUT2D eigenvalue weighted by Crippen LogP contribution is 2.37. The SMILES string of the molecule is C/C=C(Cl)\C(=N/C(C)Nc1ccc(P(C)(C)=O)cc1OC)Nc1ccccc1NC(C)C. The molecule has 2 aromatic carbocycles. The molecule has 3 N–H and O–H groups in total. The molecule has 8 heteroatoms. The Balaban J connectivity index is 2.31. The number of allylic oxidation sites excluding steroid dienone is 1. The summed E-state index contributed by atoms with van der Waals surface area (Å²) in [5, 5.41) is 11.4. The molecule has 1 unspecified atom stereocenters. The highest BCUT2D eigenvalue weighted by Gasteiger charge is 2.16. The number of hydrogen-bond donors (Lipinski definition) is 3. The fraction of sp³-hybridized carbons (Fsp3) is 0.375. The van der Waals surface area contributed by atoms with Crippen molar-refractivity contribution in [1.29, 1.82) is 0 Å². The number of benzene rings is 2. The third kappa shape index (κ3) is 7.32. The molecule has 0 bridgehead atoms. The zero-order chi connectivity index (χ0) is 23.9. The first-order valence-electron chi connectivity index (χ1n) is 10.6. The maximum Gasteiger partial charge on any atom is 0.146 e. The van der Waals surface area contributed by atoms with Gasteiger partial charge in [0.1, 0.15) is 24.9 Å². The van der Waals surface area contributed by atoms with E-state index in [1.165, 1.54) is 0 Å². The molecule has 174 valence electrons. The molecule has 0 aliphatic heterocycles. The topological polar surface area (TPSA) is 74.8 Å². The number of ether oxygens (including phenoxy) is 1. The van der Waals surface area contributed by atoms with Gasteiger partial charge in [0.05, 0.1) is 29.2 Å². The van der Waals surface area contributed by atoms with Crippen molar-refractivity contribution in [1.82, 2.24) is 0 Å². The van der Waals surface area contributed by atoms with Crippen molar-refractivity contribution >= 4 is 46.9 Å². The first kappa shape index (κ1) is 25.8. The second-order valence-corrected chi connectivity index (χ2v) is 11.8. The normalized spacial score (nSPS) is 13.7. The van der Waals surface area contributed by atoms with Crippen LogP contribution in [0.25, 0.3) is 0 Å². The average Bonchev–Trinajstić information content (AvgIpc) is 2.73. The van der Waals surface area contributed by atoms with Gasteiger partial charge in [-0.1, -0.05) is 29.8 Å². The summed E-state index contributed by atoms with van der Waals surface area (Å²) in [6.45, 7) is 11.5. The first-order valence-corrected chi connectivity index (χ1v) is 13.6. The van der Waals surface area contributed by atoms with Crippen molar-refractivity contribution in [3.63, 3.8) is 0 Å². The summed E-state index contributed by atoms with van der Waals surface area (Å²) in [6, 6.07) is 13.8. The Kier molecular flexibility index (Phi) is 9.23. The van der Waals surface area contributed by atoms with Crippen molar-refractivity contribution < 1.29 is 9.30 Å². The fourth-order valence-corrected chi connectivity index (χ4v) is 3.99. The zero-order valence-corrected chi connectivity index (χ0v) is 21.5. The lowest BCUT2D eigenvalue weighted by Crippen LogP contribution is -2.22. The van der Waals surface area contributed by atoms with E-state index >= 15 is 0 Å². The average molecular weight is 477 g/mol. The molecule has 0 amide bonds. The Morgan fingerprint density at radius 3 is 2.28 bits per heavy atom. The Morgan fingerprint density at radius 1 is 1.06 bits per heavy atom. The van der Waals surface area contributed by atoms with Crippen molar-refractivity contribution in [3.8, 4) is 5.75 Å². The van der Waals surface area contributed by atoms with Gasteiger partial charge in [-0.25, -0.2) is 4.99 Å². The van der Waals surface area contributed by atoms with Crippen molar-refractivity contribution in [2.75, 3.05) is 36.4 Å². The van der Waals surface area contributed by atoms with Crippen LogP contribution >= 0.6 is 18.7 Å². The molecule has 0 aliphatic rings. The van der Waals surface area contributed by atoms with Crippen molar-refractivity contribution in [2.45, 2.75) is 39.9 Å². The molecule has 6 nitrogen and oxygen atoms in total. The van der Waals surface area contributed by atoms with E-state index in [-0.39, 0.29) is 12.2 Å². The number of halogens is 1. The molecule has 0 saturated heterocycles. The van der Waals surface area contributed by atoms with Gasteiger partial charge in [0.2, 0.25) is 0 Å². The summed E-state index contributed by atoms with van der Waals surface area (Å²) in [5.41, 5.74) is 2.62. The molecule has 2 rings (SSSR count). The lowest BCUT2D eigenvalue weighted by molar-refractivity contribution is 0.416. The molecule has 0 aliphatic carbocycles. The molecule has 0 saturated carbocycles. The summed E-state index contributed by atoms with van der Waals surface area (Å²) in [4.78, 5) is 4.76. The molecular weight excluding hydrogens is 443 g/mol. The van der Waals surface area contributed by atoms with E-state index in [4.69, 9.17) is 21.3 Å². The first-order chi connectivity index (χ1) is 15.0. The summed E-state index contributed by atoms with van der Waals surface area (Å²) in [5.74, 6) is 1.17. The van der Waals surface area contributed by atoms with E-state index in [1.807, 2.05) is 56.3 Å². The maximum absolute atomic E-state index is 12.4. The molecule has 0 fully saturated rings. The number of nitrogens with zero attached hydrogens (tertiary/aromatic N) is 1. The molecular formula is C24H34ClN4O2P. The highest BCUT2D eigenvalue weighted by atomic mass is 35.5. The molecule has 2 aromatic rings. The van der Waals surface area contributed by atoms with Gasteiger partial charge in [0.25, 0.3) is 0 Å². The lowest BCUT2D eigenvalue weighted by atomic mass is 10.2. The number of amidine groups is 1. The number of methoxy groups -OCH3 is 1. The molecule has 32 heavy (non-hydrogen) atoms. The van der Waals surface area contributed by atoms with Gasteiger partial charge in [-0.2, -0.15) is 0 Å². The van der Waals surface area contributed by atoms with Crippen LogP contribution in [-0.4, -0.2) is 38.5 Å². The van der Waals surface area contributed by atoms with E-state index in [2.05, 4.69) is 29.8 Å². The Labute approximate surface area is 196 Å². The number of aliphatic imine (C=N–C) groups is 1. The zero-order valence-electron chi connectivity index (χ0n) is 19.9. The van der Waals surface area contributed by atoms with Gasteiger partial charge >= 0.3 is 0 Å². The number of nitrogens with one attached hydrogen (secondary N) is 3. The minimum absolute atomic E-state index is 0.285. The number of rotatable bonds is 9. The predicted molar refractivity (Wildman–Crippen MR) is 141 cm³/mol. The summed E-state index contributed by atoms with van der Waals surface area (Å²) in [7, 11) is -0.788. The molecule has 0 heterocycles. The summed E-state index contributed by atoms with van der Waals surface area (Å²) >= 11 is 6.48.